The van der Waals surface area contributed by atoms with Crippen molar-refractivity contribution in [1.29, 1.82) is 0 Å². The lowest BCUT2D eigenvalue weighted by molar-refractivity contribution is 0.209. The molecule has 1 aromatic carbocycles. The van der Waals surface area contributed by atoms with E-state index in [4.69, 9.17) is 5.11 Å². The third-order valence-corrected chi connectivity index (χ3v) is 4.68. The van der Waals surface area contributed by atoms with Crippen LogP contribution in [0.3, 0.4) is 0 Å². The molecule has 1 amide bonds. The predicted octanol–water partition coefficient (Wildman–Crippen LogP) is 3.87. The molecule has 4 heterocycles. The van der Waals surface area contributed by atoms with Crippen LogP contribution in [0.25, 0.3) is 34.0 Å². The van der Waals surface area contributed by atoms with E-state index in [1.54, 1.807) is 41.3 Å². The van der Waals surface area contributed by atoms with Crippen molar-refractivity contribution in [2.45, 2.75) is 0 Å². The highest BCUT2D eigenvalue weighted by Crippen LogP contribution is 2.25. The van der Waals surface area contributed by atoms with Gasteiger partial charge in [0, 0.05) is 23.5 Å². The van der Waals surface area contributed by atoms with Crippen LogP contribution in [-0.4, -0.2) is 40.3 Å². The average Bonchev–Trinajstić information content (AvgIpc) is 3.41. The average molecular weight is 415 g/mol. The van der Waals surface area contributed by atoms with E-state index in [0.29, 0.717) is 5.82 Å². The Kier molecular flexibility index (Phi) is 4.36. The van der Waals surface area contributed by atoms with E-state index in [2.05, 4.69) is 25.4 Å². The number of anilines is 1. The van der Waals surface area contributed by atoms with E-state index in [0.717, 1.165) is 28.2 Å². The quantitative estimate of drug-likeness (QED) is 0.461. The number of hydrogen-bond acceptors (Lipinski definition) is 5. The molecule has 0 spiro atoms. The Morgan fingerprint density at radius 2 is 1.74 bits per heavy atom. The largest absolute Gasteiger partial charge is 0.465 e. The Labute approximate surface area is 174 Å². The van der Waals surface area contributed by atoms with Crippen LogP contribution in [-0.2, 0) is 0 Å². The summed E-state index contributed by atoms with van der Waals surface area (Å²) in [7, 11) is 0. The van der Waals surface area contributed by atoms with Gasteiger partial charge in [-0.05, 0) is 48.5 Å². The summed E-state index contributed by atoms with van der Waals surface area (Å²) in [5.74, 6) is 0.488. The van der Waals surface area contributed by atoms with Gasteiger partial charge in [0.15, 0.2) is 5.82 Å². The van der Waals surface area contributed by atoms with Gasteiger partial charge in [-0.1, -0.05) is 0 Å². The second kappa shape index (κ2) is 7.34. The first-order valence-electron chi connectivity index (χ1n) is 9.18. The fourth-order valence-corrected chi connectivity index (χ4v) is 3.26. The summed E-state index contributed by atoms with van der Waals surface area (Å²) in [6.45, 7) is 0. The van der Waals surface area contributed by atoms with Crippen LogP contribution in [0.5, 0.6) is 0 Å². The molecule has 0 aliphatic carbocycles. The predicted molar refractivity (Wildman–Crippen MR) is 110 cm³/mol. The number of amides is 1. The molecular formula is C21H14FN7O2. The summed E-state index contributed by atoms with van der Waals surface area (Å²) >= 11 is 0. The fraction of sp³-hybridized carbons (Fsp3) is 0. The monoisotopic (exact) mass is 415 g/mol. The van der Waals surface area contributed by atoms with Gasteiger partial charge < -0.3 is 5.11 Å². The van der Waals surface area contributed by atoms with E-state index in [1.807, 2.05) is 22.7 Å². The van der Waals surface area contributed by atoms with Gasteiger partial charge in [-0.15, -0.1) is 0 Å². The summed E-state index contributed by atoms with van der Waals surface area (Å²) in [4.78, 5) is 23.6. The molecule has 5 rings (SSSR count). The number of pyridine rings is 2. The highest BCUT2D eigenvalue weighted by molar-refractivity contribution is 5.81. The van der Waals surface area contributed by atoms with E-state index >= 15 is 0 Å². The van der Waals surface area contributed by atoms with Crippen molar-refractivity contribution in [3.05, 3.63) is 79.3 Å². The lowest BCUT2D eigenvalue weighted by Gasteiger charge is -2.09. The molecule has 0 atom stereocenters. The number of fused-ring (bicyclic) bond motifs is 1. The number of hydrogen-bond donors (Lipinski definition) is 2. The fourth-order valence-electron chi connectivity index (χ4n) is 3.26. The molecule has 0 saturated carbocycles. The molecule has 31 heavy (non-hydrogen) atoms. The molecule has 9 nitrogen and oxygen atoms in total. The number of halogens is 1. The van der Waals surface area contributed by atoms with E-state index in [1.165, 1.54) is 18.5 Å². The zero-order valence-corrected chi connectivity index (χ0v) is 15.8. The summed E-state index contributed by atoms with van der Waals surface area (Å²) in [6.07, 6.45) is 5.41. The van der Waals surface area contributed by atoms with Crippen molar-refractivity contribution in [2.75, 3.05) is 5.32 Å². The van der Waals surface area contributed by atoms with Gasteiger partial charge in [0.25, 0.3) is 0 Å². The molecule has 5 aromatic rings. The molecule has 0 aliphatic rings. The molecule has 0 fully saturated rings. The third kappa shape index (κ3) is 3.46. The highest BCUT2D eigenvalue weighted by Gasteiger charge is 2.13. The van der Waals surface area contributed by atoms with Gasteiger partial charge >= 0.3 is 6.09 Å². The maximum atomic E-state index is 13.3. The van der Waals surface area contributed by atoms with Gasteiger partial charge in [-0.25, -0.2) is 28.8 Å². The molecule has 0 aliphatic heterocycles. The molecule has 0 saturated heterocycles. The first-order chi connectivity index (χ1) is 15.1. The molecule has 0 radical (unpaired) electrons. The highest BCUT2D eigenvalue weighted by atomic mass is 19.1. The number of benzene rings is 1. The number of rotatable bonds is 4. The third-order valence-electron chi connectivity index (χ3n) is 4.68. The van der Waals surface area contributed by atoms with Gasteiger partial charge in [-0.2, -0.15) is 5.10 Å². The van der Waals surface area contributed by atoms with E-state index in [-0.39, 0.29) is 11.6 Å². The second-order valence-electron chi connectivity index (χ2n) is 6.62. The first kappa shape index (κ1) is 18.4. The van der Waals surface area contributed by atoms with Crippen LogP contribution in [0.15, 0.2) is 73.4 Å². The minimum absolute atomic E-state index is 0.234. The number of nitrogens with zero attached hydrogens (tertiary/aromatic N) is 6. The van der Waals surface area contributed by atoms with Crippen LogP contribution in [0.4, 0.5) is 15.0 Å². The zero-order chi connectivity index (χ0) is 21.4. The second-order valence-corrected chi connectivity index (χ2v) is 6.62. The summed E-state index contributed by atoms with van der Waals surface area (Å²) < 4.78 is 16.8. The standard InChI is InChI=1S/C21H14FN7O2/c22-15-4-1-13(2-5-15)20-25-12-26-29(20)16-6-8-19-24-10-17(28(19)11-16)14-3-7-18(23-9-14)27-21(30)31/h1-12H,(H,23,27)(H,30,31). The van der Waals surface area contributed by atoms with Crippen molar-refractivity contribution < 1.29 is 14.3 Å². The van der Waals surface area contributed by atoms with Crippen LogP contribution in [0, 0.1) is 5.82 Å². The molecule has 4 aromatic heterocycles. The van der Waals surface area contributed by atoms with Crippen molar-refractivity contribution >= 4 is 17.6 Å². The van der Waals surface area contributed by atoms with Gasteiger partial charge in [-0.3, -0.25) is 9.72 Å². The Hall–Kier alpha value is -4.60. The maximum absolute atomic E-state index is 13.3. The number of imidazole rings is 1. The molecule has 0 unspecified atom stereocenters. The minimum atomic E-state index is -1.18. The van der Waals surface area contributed by atoms with Crippen molar-refractivity contribution in [1.82, 2.24) is 29.1 Å². The van der Waals surface area contributed by atoms with Crippen molar-refractivity contribution in [3.8, 4) is 28.3 Å². The summed E-state index contributed by atoms with van der Waals surface area (Å²) in [5, 5.41) is 15.3. The van der Waals surface area contributed by atoms with Crippen LogP contribution in [0.2, 0.25) is 0 Å². The lowest BCUT2D eigenvalue weighted by atomic mass is 10.2. The van der Waals surface area contributed by atoms with Gasteiger partial charge in [0.1, 0.15) is 23.6 Å². The first-order valence-corrected chi connectivity index (χ1v) is 9.18. The summed E-state index contributed by atoms with van der Waals surface area (Å²) in [6, 6.07) is 13.1. The van der Waals surface area contributed by atoms with Crippen molar-refractivity contribution in [3.63, 3.8) is 0 Å². The molecular weight excluding hydrogens is 401 g/mol. The van der Waals surface area contributed by atoms with Crippen molar-refractivity contribution in [2.24, 2.45) is 0 Å². The Bertz CT molecular complexity index is 1390. The Balaban J connectivity index is 1.56. The lowest BCUT2D eigenvalue weighted by Crippen LogP contribution is -2.08. The molecule has 0 bridgehead atoms. The zero-order valence-electron chi connectivity index (χ0n) is 15.8. The maximum Gasteiger partial charge on any atom is 0.410 e. The molecule has 152 valence electrons. The SMILES string of the molecule is O=C(O)Nc1ccc(-c2cnc3ccc(-n4ncnc4-c4ccc(F)cc4)cn23)cn1. The molecule has 2 N–H and O–H groups in total. The van der Waals surface area contributed by atoms with Gasteiger partial charge in [0.2, 0.25) is 0 Å². The van der Waals surface area contributed by atoms with Gasteiger partial charge in [0.05, 0.1) is 17.6 Å². The number of carbonyl (C=O) groups is 1. The topological polar surface area (TPSA) is 110 Å². The summed E-state index contributed by atoms with van der Waals surface area (Å²) in [5.41, 5.74) is 3.72. The number of nitrogens with one attached hydrogen (secondary N) is 1. The number of carboxylic acid groups (broad SMARTS) is 1. The normalized spacial score (nSPS) is 11.0. The Morgan fingerprint density at radius 3 is 2.48 bits per heavy atom. The van der Waals surface area contributed by atoms with Crippen LogP contribution >= 0.6 is 0 Å². The minimum Gasteiger partial charge on any atom is -0.465 e. The Morgan fingerprint density at radius 1 is 0.935 bits per heavy atom. The van der Waals surface area contributed by atoms with E-state index < -0.39 is 6.09 Å². The number of aromatic nitrogens is 6. The smallest absolute Gasteiger partial charge is 0.410 e. The van der Waals surface area contributed by atoms with Crippen LogP contribution in [0.1, 0.15) is 0 Å². The molecule has 10 heteroatoms. The van der Waals surface area contributed by atoms with Crippen LogP contribution < -0.4 is 5.32 Å². The van der Waals surface area contributed by atoms with E-state index in [9.17, 15) is 9.18 Å².